The summed E-state index contributed by atoms with van der Waals surface area (Å²) >= 11 is 0. The largest absolute Gasteiger partial charge is 0.316 e. The molecular formula is C11H17N3O2S. The van der Waals surface area contributed by atoms with Crippen molar-refractivity contribution >= 4 is 15.7 Å². The van der Waals surface area contributed by atoms with Gasteiger partial charge in [-0.15, -0.1) is 0 Å². The molecule has 0 radical (unpaired) electrons. The fourth-order valence-corrected chi connectivity index (χ4v) is 3.49. The topological polar surface area (TPSA) is 71.1 Å². The Labute approximate surface area is 102 Å². The fourth-order valence-electron chi connectivity index (χ4n) is 2.02. The van der Waals surface area contributed by atoms with Gasteiger partial charge in [0.15, 0.2) is 0 Å². The molecule has 0 aromatic carbocycles. The molecule has 0 spiro atoms. The molecule has 1 atom stereocenters. The molecule has 0 aliphatic carbocycles. The number of nitrogens with one attached hydrogen (secondary N) is 2. The molecular weight excluding hydrogens is 238 g/mol. The first-order chi connectivity index (χ1) is 8.16. The average molecular weight is 255 g/mol. The van der Waals surface area contributed by atoms with E-state index in [0.717, 1.165) is 25.9 Å². The Bertz CT molecular complexity index is 441. The van der Waals surface area contributed by atoms with Crippen LogP contribution in [0.25, 0.3) is 0 Å². The van der Waals surface area contributed by atoms with E-state index in [0.29, 0.717) is 5.69 Å². The number of aromatic nitrogens is 1. The predicted octanol–water partition coefficient (Wildman–Crippen LogP) is 0.823. The molecule has 1 aliphatic rings. The maximum absolute atomic E-state index is 11.9. The summed E-state index contributed by atoms with van der Waals surface area (Å²) < 4.78 is 26.4. The first-order valence-corrected chi connectivity index (χ1v) is 7.42. The van der Waals surface area contributed by atoms with E-state index >= 15 is 0 Å². The minimum Gasteiger partial charge on any atom is -0.316 e. The van der Waals surface area contributed by atoms with Gasteiger partial charge in [-0.25, -0.2) is 8.42 Å². The quantitative estimate of drug-likeness (QED) is 0.835. The molecule has 2 rings (SSSR count). The van der Waals surface area contributed by atoms with Crippen molar-refractivity contribution in [2.75, 3.05) is 23.6 Å². The Kier molecular flexibility index (Phi) is 3.96. The summed E-state index contributed by atoms with van der Waals surface area (Å²) in [5, 5.41) is 3.22. The second-order valence-electron chi connectivity index (χ2n) is 4.34. The highest BCUT2D eigenvalue weighted by Gasteiger charge is 2.21. The van der Waals surface area contributed by atoms with Crippen LogP contribution in [0.5, 0.6) is 0 Å². The highest BCUT2D eigenvalue weighted by atomic mass is 32.2. The van der Waals surface area contributed by atoms with Gasteiger partial charge in [0.2, 0.25) is 10.0 Å². The maximum Gasteiger partial charge on any atom is 0.233 e. The molecule has 94 valence electrons. The third-order valence-corrected chi connectivity index (χ3v) is 4.25. The SMILES string of the molecule is O=S(=O)(CC1CCCNC1)Nc1cccnc1. The number of hydrogen-bond donors (Lipinski definition) is 2. The molecule has 0 bridgehead atoms. The predicted molar refractivity (Wildman–Crippen MR) is 67.2 cm³/mol. The first kappa shape index (κ1) is 12.3. The molecule has 5 nitrogen and oxygen atoms in total. The van der Waals surface area contributed by atoms with Crippen LogP contribution in [0.4, 0.5) is 5.69 Å². The molecule has 6 heteroatoms. The van der Waals surface area contributed by atoms with Crippen LogP contribution in [0.3, 0.4) is 0 Å². The lowest BCUT2D eigenvalue weighted by atomic mass is 10.0. The zero-order valence-electron chi connectivity index (χ0n) is 9.59. The summed E-state index contributed by atoms with van der Waals surface area (Å²) in [4.78, 5) is 3.88. The molecule has 1 fully saturated rings. The molecule has 2 heterocycles. The van der Waals surface area contributed by atoms with E-state index in [4.69, 9.17) is 0 Å². The molecule has 1 saturated heterocycles. The van der Waals surface area contributed by atoms with Crippen molar-refractivity contribution in [3.63, 3.8) is 0 Å². The van der Waals surface area contributed by atoms with Crippen molar-refractivity contribution in [2.45, 2.75) is 12.8 Å². The van der Waals surface area contributed by atoms with Gasteiger partial charge in [0, 0.05) is 6.20 Å². The van der Waals surface area contributed by atoms with E-state index in [1.807, 2.05) is 0 Å². The van der Waals surface area contributed by atoms with Crippen molar-refractivity contribution in [2.24, 2.45) is 5.92 Å². The summed E-state index contributed by atoms with van der Waals surface area (Å²) in [7, 11) is -3.26. The normalized spacial score (nSPS) is 21.1. The van der Waals surface area contributed by atoms with Crippen LogP contribution in [0, 0.1) is 5.92 Å². The van der Waals surface area contributed by atoms with Gasteiger partial charge >= 0.3 is 0 Å². The Hall–Kier alpha value is -1.14. The highest BCUT2D eigenvalue weighted by molar-refractivity contribution is 7.92. The lowest BCUT2D eigenvalue weighted by molar-refractivity contribution is 0.404. The van der Waals surface area contributed by atoms with Gasteiger partial charge in [0.05, 0.1) is 17.6 Å². The Morgan fingerprint density at radius 1 is 1.53 bits per heavy atom. The number of hydrogen-bond acceptors (Lipinski definition) is 4. The smallest absolute Gasteiger partial charge is 0.233 e. The van der Waals surface area contributed by atoms with Crippen molar-refractivity contribution in [3.8, 4) is 0 Å². The van der Waals surface area contributed by atoms with Crippen molar-refractivity contribution < 1.29 is 8.42 Å². The van der Waals surface area contributed by atoms with E-state index in [1.165, 1.54) is 6.20 Å². The fraction of sp³-hybridized carbons (Fsp3) is 0.545. The second kappa shape index (κ2) is 5.46. The summed E-state index contributed by atoms with van der Waals surface area (Å²) in [6.07, 6.45) is 5.15. The van der Waals surface area contributed by atoms with Gasteiger partial charge in [-0.3, -0.25) is 9.71 Å². The number of nitrogens with zero attached hydrogens (tertiary/aromatic N) is 1. The Morgan fingerprint density at radius 3 is 3.06 bits per heavy atom. The zero-order valence-corrected chi connectivity index (χ0v) is 10.4. The molecule has 1 unspecified atom stereocenters. The highest BCUT2D eigenvalue weighted by Crippen LogP contribution is 2.14. The van der Waals surface area contributed by atoms with Gasteiger partial charge in [-0.05, 0) is 44.0 Å². The summed E-state index contributed by atoms with van der Waals surface area (Å²) in [6, 6.07) is 3.41. The lowest BCUT2D eigenvalue weighted by Crippen LogP contribution is -2.35. The molecule has 1 aromatic rings. The van der Waals surface area contributed by atoms with E-state index < -0.39 is 10.0 Å². The van der Waals surface area contributed by atoms with Gasteiger partial charge in [-0.2, -0.15) is 0 Å². The molecule has 17 heavy (non-hydrogen) atoms. The third-order valence-electron chi connectivity index (χ3n) is 2.79. The van der Waals surface area contributed by atoms with E-state index in [-0.39, 0.29) is 11.7 Å². The number of rotatable bonds is 4. The summed E-state index contributed by atoms with van der Waals surface area (Å²) in [6.45, 7) is 1.78. The molecule has 0 amide bonds. The van der Waals surface area contributed by atoms with Crippen LogP contribution in [0.2, 0.25) is 0 Å². The Morgan fingerprint density at radius 2 is 2.41 bits per heavy atom. The van der Waals surface area contributed by atoms with E-state index in [1.54, 1.807) is 18.3 Å². The van der Waals surface area contributed by atoms with E-state index in [2.05, 4.69) is 15.0 Å². The van der Waals surface area contributed by atoms with Gasteiger partial charge < -0.3 is 5.32 Å². The van der Waals surface area contributed by atoms with Crippen LogP contribution in [0.1, 0.15) is 12.8 Å². The average Bonchev–Trinajstić information content (AvgIpc) is 2.30. The number of pyridine rings is 1. The molecule has 2 N–H and O–H groups in total. The first-order valence-electron chi connectivity index (χ1n) is 5.77. The minimum atomic E-state index is -3.26. The van der Waals surface area contributed by atoms with Crippen LogP contribution in [-0.4, -0.2) is 32.2 Å². The van der Waals surface area contributed by atoms with E-state index in [9.17, 15) is 8.42 Å². The summed E-state index contributed by atoms with van der Waals surface area (Å²) in [5.74, 6) is 0.382. The molecule has 1 aliphatic heterocycles. The second-order valence-corrected chi connectivity index (χ2v) is 6.10. The van der Waals surface area contributed by atoms with Gasteiger partial charge in [-0.1, -0.05) is 0 Å². The van der Waals surface area contributed by atoms with Crippen LogP contribution >= 0.6 is 0 Å². The number of anilines is 1. The van der Waals surface area contributed by atoms with Crippen LogP contribution < -0.4 is 10.0 Å². The molecule has 1 aromatic heterocycles. The van der Waals surface area contributed by atoms with Crippen LogP contribution in [-0.2, 0) is 10.0 Å². The number of sulfonamides is 1. The maximum atomic E-state index is 11.9. The molecule has 0 saturated carbocycles. The van der Waals surface area contributed by atoms with Crippen molar-refractivity contribution in [3.05, 3.63) is 24.5 Å². The third kappa shape index (κ3) is 3.98. The van der Waals surface area contributed by atoms with Crippen LogP contribution in [0.15, 0.2) is 24.5 Å². The van der Waals surface area contributed by atoms with Gasteiger partial charge in [0.1, 0.15) is 0 Å². The monoisotopic (exact) mass is 255 g/mol. The Balaban J connectivity index is 1.94. The number of piperidine rings is 1. The van der Waals surface area contributed by atoms with Gasteiger partial charge in [0.25, 0.3) is 0 Å². The van der Waals surface area contributed by atoms with Crippen molar-refractivity contribution in [1.82, 2.24) is 10.3 Å². The minimum absolute atomic E-state index is 0.175. The summed E-state index contributed by atoms with van der Waals surface area (Å²) in [5.41, 5.74) is 0.524. The standard InChI is InChI=1S/C11H17N3O2S/c15-17(16,9-10-3-1-5-12-7-10)14-11-4-2-6-13-8-11/h2,4,6,8,10,12,14H,1,3,5,7,9H2. The zero-order chi connectivity index (χ0) is 12.1. The van der Waals surface area contributed by atoms with Crippen molar-refractivity contribution in [1.29, 1.82) is 0 Å². The lowest BCUT2D eigenvalue weighted by Gasteiger charge is -2.22.